The number of hydrogen-bond donors (Lipinski definition) is 1. The maximum Gasteiger partial charge on any atom is 0.0438 e. The van der Waals surface area contributed by atoms with E-state index in [2.05, 4.69) is 58.2 Å². The van der Waals surface area contributed by atoms with Gasteiger partial charge in [0.1, 0.15) is 0 Å². The molecule has 0 radical (unpaired) electrons. The van der Waals surface area contributed by atoms with Gasteiger partial charge in [-0.3, -0.25) is 0 Å². The van der Waals surface area contributed by atoms with Gasteiger partial charge in [-0.15, -0.1) is 0 Å². The van der Waals surface area contributed by atoms with Gasteiger partial charge in [0.05, 0.1) is 0 Å². The molecule has 1 aromatic heterocycles. The van der Waals surface area contributed by atoms with Gasteiger partial charge in [-0.1, -0.05) is 31.5 Å². The summed E-state index contributed by atoms with van der Waals surface area (Å²) >= 11 is 1.78. The number of nitrogens with zero attached hydrogens (tertiary/aromatic N) is 1. The highest BCUT2D eigenvalue weighted by Crippen LogP contribution is 2.26. The van der Waals surface area contributed by atoms with Crippen molar-refractivity contribution in [3.63, 3.8) is 0 Å². The molecule has 0 amide bonds. The van der Waals surface area contributed by atoms with Crippen LogP contribution in [-0.2, 0) is 13.1 Å². The SMILES string of the molecule is CCCC1CN(Cc2ccsc2)c2ccccc2CN1. The Morgan fingerprint density at radius 1 is 1.30 bits per heavy atom. The van der Waals surface area contributed by atoms with Crippen molar-refractivity contribution in [3.05, 3.63) is 52.2 Å². The Balaban J connectivity index is 1.86. The van der Waals surface area contributed by atoms with Crippen LogP contribution in [0.4, 0.5) is 5.69 Å². The van der Waals surface area contributed by atoms with Gasteiger partial charge in [-0.05, 0) is 40.4 Å². The molecule has 1 aliphatic rings. The Labute approximate surface area is 125 Å². The molecule has 1 aromatic carbocycles. The largest absolute Gasteiger partial charge is 0.365 e. The Kier molecular flexibility index (Phi) is 4.38. The van der Waals surface area contributed by atoms with Crippen molar-refractivity contribution in [3.8, 4) is 0 Å². The predicted octanol–water partition coefficient (Wildman–Crippen LogP) is 4.03. The number of para-hydroxylation sites is 1. The molecule has 0 aliphatic carbocycles. The zero-order valence-corrected chi connectivity index (χ0v) is 12.8. The fourth-order valence-electron chi connectivity index (χ4n) is 2.95. The van der Waals surface area contributed by atoms with E-state index in [0.29, 0.717) is 6.04 Å². The van der Waals surface area contributed by atoms with Crippen LogP contribution in [-0.4, -0.2) is 12.6 Å². The first-order valence-electron chi connectivity index (χ1n) is 7.44. The van der Waals surface area contributed by atoms with Crippen molar-refractivity contribution >= 4 is 17.0 Å². The molecule has 0 saturated heterocycles. The van der Waals surface area contributed by atoms with Crippen LogP contribution >= 0.6 is 11.3 Å². The van der Waals surface area contributed by atoms with Crippen LogP contribution in [0.3, 0.4) is 0 Å². The summed E-state index contributed by atoms with van der Waals surface area (Å²) in [5.41, 5.74) is 4.23. The number of fused-ring (bicyclic) bond motifs is 1. The van der Waals surface area contributed by atoms with Crippen LogP contribution in [0, 0.1) is 0 Å². The molecule has 1 unspecified atom stereocenters. The first kappa shape index (κ1) is 13.7. The third-order valence-electron chi connectivity index (χ3n) is 3.94. The zero-order valence-electron chi connectivity index (χ0n) is 12.0. The summed E-state index contributed by atoms with van der Waals surface area (Å²) in [6.45, 7) is 5.37. The van der Waals surface area contributed by atoms with E-state index in [9.17, 15) is 0 Å². The maximum atomic E-state index is 3.71. The Bertz CT molecular complexity index is 536. The van der Waals surface area contributed by atoms with Crippen LogP contribution < -0.4 is 10.2 Å². The second-order valence-corrected chi connectivity index (χ2v) is 6.29. The summed E-state index contributed by atoms with van der Waals surface area (Å²) in [7, 11) is 0. The van der Waals surface area contributed by atoms with Crippen LogP contribution in [0.25, 0.3) is 0 Å². The molecule has 1 aliphatic heterocycles. The Hall–Kier alpha value is -1.32. The number of anilines is 1. The summed E-state index contributed by atoms with van der Waals surface area (Å²) in [4.78, 5) is 2.54. The first-order chi connectivity index (χ1) is 9.86. The molecule has 2 aromatic rings. The lowest BCUT2D eigenvalue weighted by Gasteiger charge is -2.27. The molecular weight excluding hydrogens is 264 g/mol. The molecule has 0 spiro atoms. The minimum Gasteiger partial charge on any atom is -0.365 e. The molecule has 106 valence electrons. The van der Waals surface area contributed by atoms with Crippen LogP contribution in [0.2, 0.25) is 0 Å². The average Bonchev–Trinajstić information content (AvgIpc) is 2.91. The molecule has 2 heterocycles. The van der Waals surface area contributed by atoms with Crippen LogP contribution in [0.5, 0.6) is 0 Å². The van der Waals surface area contributed by atoms with Crippen molar-refractivity contribution < 1.29 is 0 Å². The molecule has 20 heavy (non-hydrogen) atoms. The number of hydrogen-bond acceptors (Lipinski definition) is 3. The molecule has 2 nitrogen and oxygen atoms in total. The predicted molar refractivity (Wildman–Crippen MR) is 87.3 cm³/mol. The van der Waals surface area contributed by atoms with E-state index in [-0.39, 0.29) is 0 Å². The second kappa shape index (κ2) is 6.42. The molecule has 1 atom stereocenters. The summed E-state index contributed by atoms with van der Waals surface area (Å²) in [5.74, 6) is 0. The highest BCUT2D eigenvalue weighted by atomic mass is 32.1. The smallest absolute Gasteiger partial charge is 0.0438 e. The molecule has 3 heteroatoms. The normalized spacial score (nSPS) is 18.6. The van der Waals surface area contributed by atoms with Crippen LogP contribution in [0.15, 0.2) is 41.1 Å². The van der Waals surface area contributed by atoms with Gasteiger partial charge in [0.2, 0.25) is 0 Å². The monoisotopic (exact) mass is 286 g/mol. The standard InChI is InChI=1S/C17H22N2S/c1-2-5-16-12-19(11-14-8-9-20-13-14)17-7-4-3-6-15(17)10-18-16/h3-4,6-9,13,16,18H,2,5,10-12H2,1H3. The van der Waals surface area contributed by atoms with Crippen molar-refractivity contribution in [2.24, 2.45) is 0 Å². The topological polar surface area (TPSA) is 15.3 Å². The van der Waals surface area contributed by atoms with Gasteiger partial charge in [-0.2, -0.15) is 11.3 Å². The third-order valence-corrected chi connectivity index (χ3v) is 4.68. The van der Waals surface area contributed by atoms with E-state index >= 15 is 0 Å². The van der Waals surface area contributed by atoms with Gasteiger partial charge in [-0.25, -0.2) is 0 Å². The lowest BCUT2D eigenvalue weighted by Crippen LogP contribution is -2.37. The van der Waals surface area contributed by atoms with E-state index < -0.39 is 0 Å². The van der Waals surface area contributed by atoms with Gasteiger partial charge in [0.15, 0.2) is 0 Å². The van der Waals surface area contributed by atoms with Crippen molar-refractivity contribution in [1.29, 1.82) is 0 Å². The van der Waals surface area contributed by atoms with Gasteiger partial charge in [0.25, 0.3) is 0 Å². The molecular formula is C17H22N2S. The lowest BCUT2D eigenvalue weighted by atomic mass is 10.1. The maximum absolute atomic E-state index is 3.71. The van der Waals surface area contributed by atoms with E-state index in [1.807, 2.05) is 0 Å². The van der Waals surface area contributed by atoms with Crippen molar-refractivity contribution in [2.45, 2.75) is 38.9 Å². The average molecular weight is 286 g/mol. The summed E-state index contributed by atoms with van der Waals surface area (Å²) < 4.78 is 0. The highest BCUT2D eigenvalue weighted by Gasteiger charge is 2.20. The molecule has 1 N–H and O–H groups in total. The van der Waals surface area contributed by atoms with Crippen LogP contribution in [0.1, 0.15) is 30.9 Å². The number of nitrogens with one attached hydrogen (secondary N) is 1. The number of thiophene rings is 1. The van der Waals surface area contributed by atoms with E-state index in [1.54, 1.807) is 11.3 Å². The summed E-state index contributed by atoms with van der Waals surface area (Å²) in [6.07, 6.45) is 2.48. The minimum atomic E-state index is 0.589. The zero-order chi connectivity index (χ0) is 13.8. The quantitative estimate of drug-likeness (QED) is 0.913. The Morgan fingerprint density at radius 3 is 3.00 bits per heavy atom. The third kappa shape index (κ3) is 3.05. The molecule has 3 rings (SSSR count). The number of rotatable bonds is 4. The lowest BCUT2D eigenvalue weighted by molar-refractivity contribution is 0.480. The van der Waals surface area contributed by atoms with Gasteiger partial charge in [0, 0.05) is 31.4 Å². The van der Waals surface area contributed by atoms with E-state index in [1.165, 1.54) is 29.7 Å². The fourth-order valence-corrected chi connectivity index (χ4v) is 3.61. The van der Waals surface area contributed by atoms with Crippen molar-refractivity contribution in [2.75, 3.05) is 11.4 Å². The van der Waals surface area contributed by atoms with Gasteiger partial charge < -0.3 is 10.2 Å². The Morgan fingerprint density at radius 2 is 2.20 bits per heavy atom. The number of benzene rings is 1. The highest BCUT2D eigenvalue weighted by molar-refractivity contribution is 7.07. The minimum absolute atomic E-state index is 0.589. The van der Waals surface area contributed by atoms with Crippen molar-refractivity contribution in [1.82, 2.24) is 5.32 Å². The fraction of sp³-hybridized carbons (Fsp3) is 0.412. The second-order valence-electron chi connectivity index (χ2n) is 5.51. The summed E-state index contributed by atoms with van der Waals surface area (Å²) in [5, 5.41) is 8.14. The molecule has 0 bridgehead atoms. The summed E-state index contributed by atoms with van der Waals surface area (Å²) in [6, 6.07) is 11.6. The molecule has 0 saturated carbocycles. The molecule has 0 fully saturated rings. The first-order valence-corrected chi connectivity index (χ1v) is 8.38. The van der Waals surface area contributed by atoms with Gasteiger partial charge >= 0.3 is 0 Å². The van der Waals surface area contributed by atoms with E-state index in [4.69, 9.17) is 0 Å². The van der Waals surface area contributed by atoms with E-state index in [0.717, 1.165) is 19.6 Å².